The molecule has 1 heterocycles. The summed E-state index contributed by atoms with van der Waals surface area (Å²) in [6, 6.07) is 9.33. The predicted octanol–water partition coefficient (Wildman–Crippen LogP) is 2.53. The fraction of sp³-hybridized carbons (Fsp3) is 0. The molecule has 1 aromatic carbocycles. The molecule has 0 aliphatic heterocycles. The van der Waals surface area contributed by atoms with Crippen LogP contribution in [0.5, 0.6) is 5.75 Å². The van der Waals surface area contributed by atoms with Crippen molar-refractivity contribution in [2.75, 3.05) is 0 Å². The molecule has 0 spiro atoms. The van der Waals surface area contributed by atoms with Gasteiger partial charge in [0.25, 0.3) is 0 Å². The predicted molar refractivity (Wildman–Crippen MR) is 59.3 cm³/mol. The molecular weight excluding hydrogens is 295 g/mol. The third-order valence-corrected chi connectivity index (χ3v) is 1.89. The van der Waals surface area contributed by atoms with Crippen molar-refractivity contribution in [2.24, 2.45) is 0 Å². The lowest BCUT2D eigenvalue weighted by atomic mass is 10.3. The molecule has 1 aromatic heterocycles. The van der Waals surface area contributed by atoms with E-state index in [-0.39, 0.29) is 0 Å². The smallest absolute Gasteiger partial charge is 0.170 e. The van der Waals surface area contributed by atoms with Crippen LogP contribution in [0.25, 0.3) is 5.69 Å². The monoisotopic (exact) mass is 302 g/mol. The van der Waals surface area contributed by atoms with Gasteiger partial charge in [-0.3, -0.25) is 0 Å². The van der Waals surface area contributed by atoms with E-state index in [2.05, 4.69) is 8.32 Å². The number of hydrogen-bond acceptors (Lipinski definition) is 3. The van der Waals surface area contributed by atoms with Crippen LogP contribution in [0.3, 0.4) is 0 Å². The lowest BCUT2D eigenvalue weighted by Crippen LogP contribution is -1.94. The molecule has 0 amide bonds. The average Bonchev–Trinajstić information content (AvgIpc) is 2.71. The topological polar surface area (TPSA) is 36.3 Å². The third kappa shape index (κ3) is 2.05. The summed E-state index contributed by atoms with van der Waals surface area (Å²) in [6.07, 6.45) is 3.59. The van der Waals surface area contributed by atoms with Crippen molar-refractivity contribution in [3.8, 4) is 11.4 Å². The summed E-state index contributed by atoms with van der Waals surface area (Å²) in [7, 11) is 0. The largest absolute Gasteiger partial charge is 0.327 e. The van der Waals surface area contributed by atoms with Crippen molar-refractivity contribution in [1.29, 1.82) is 0 Å². The van der Waals surface area contributed by atoms with Crippen molar-refractivity contribution in [3.05, 3.63) is 42.7 Å². The highest BCUT2D eigenvalue weighted by atomic mass is 127. The van der Waals surface area contributed by atoms with Crippen molar-refractivity contribution < 1.29 is 8.10 Å². The molecule has 0 N–H and O–H groups in total. The highest BCUT2D eigenvalue weighted by Gasteiger charge is 1.99. The van der Waals surface area contributed by atoms with E-state index < -0.39 is 0 Å². The molecule has 0 bridgehead atoms. The van der Waals surface area contributed by atoms with Crippen LogP contribution in [-0.2, 0) is 3.22 Å². The van der Waals surface area contributed by atoms with E-state index in [0.29, 0.717) is 5.75 Å². The minimum atomic E-state index is 0.646. The molecule has 0 atom stereocenters. The molecule has 0 saturated carbocycles. The van der Waals surface area contributed by atoms with Gasteiger partial charge in [0.05, 0.1) is 5.69 Å². The van der Waals surface area contributed by atoms with Crippen LogP contribution in [0.4, 0.5) is 0 Å². The Morgan fingerprint density at radius 1 is 1.29 bits per heavy atom. The first-order chi connectivity index (χ1) is 6.90. The van der Waals surface area contributed by atoms with Gasteiger partial charge in [0.1, 0.15) is 0 Å². The van der Waals surface area contributed by atoms with Gasteiger partial charge in [-0.1, -0.05) is 6.07 Å². The molecular formula is C9H7IN2O2. The van der Waals surface area contributed by atoms with Crippen LogP contribution in [0.2, 0.25) is 0 Å². The Bertz CT molecular complexity index is 403. The second kappa shape index (κ2) is 4.43. The Hall–Kier alpha value is -1.08. The van der Waals surface area contributed by atoms with Crippen LogP contribution in [0.1, 0.15) is 0 Å². The molecule has 0 saturated heterocycles. The lowest BCUT2D eigenvalue weighted by Gasteiger charge is -2.03. The summed E-state index contributed by atoms with van der Waals surface area (Å²) in [4.78, 5) is 4.89. The second-order valence-corrected chi connectivity index (χ2v) is 2.95. The van der Waals surface area contributed by atoms with Gasteiger partial charge < -0.3 is 4.89 Å². The molecule has 2 rings (SSSR count). The first kappa shape index (κ1) is 9.47. The van der Waals surface area contributed by atoms with Gasteiger partial charge in [-0.2, -0.15) is 5.10 Å². The average molecular weight is 302 g/mol. The summed E-state index contributed by atoms with van der Waals surface area (Å²) in [5.74, 6) is 0.646. The van der Waals surface area contributed by atoms with Crippen LogP contribution in [0.15, 0.2) is 42.7 Å². The van der Waals surface area contributed by atoms with Gasteiger partial charge >= 0.3 is 0 Å². The van der Waals surface area contributed by atoms with Gasteiger partial charge in [-0.05, 0) is 18.2 Å². The Labute approximate surface area is 95.1 Å². The lowest BCUT2D eigenvalue weighted by molar-refractivity contribution is -0.0471. The standard InChI is InChI=1S/C9H7IN2O2/c10-14-13-9-4-1-3-8(7-9)12-6-2-5-11-12/h1-7H. The maximum Gasteiger partial charge on any atom is 0.170 e. The van der Waals surface area contributed by atoms with E-state index in [4.69, 9.17) is 4.89 Å². The third-order valence-electron chi connectivity index (χ3n) is 1.71. The van der Waals surface area contributed by atoms with E-state index in [1.807, 2.05) is 36.5 Å². The Kier molecular flexibility index (Phi) is 3.00. The zero-order valence-electron chi connectivity index (χ0n) is 7.13. The van der Waals surface area contributed by atoms with Gasteiger partial charge in [-0.15, -0.1) is 3.22 Å². The minimum Gasteiger partial charge on any atom is -0.327 e. The molecule has 2 aromatic rings. The highest BCUT2D eigenvalue weighted by Crippen LogP contribution is 2.16. The van der Waals surface area contributed by atoms with Gasteiger partial charge in [0, 0.05) is 18.5 Å². The maximum atomic E-state index is 4.89. The van der Waals surface area contributed by atoms with Crippen molar-refractivity contribution in [1.82, 2.24) is 9.78 Å². The van der Waals surface area contributed by atoms with E-state index in [1.165, 1.54) is 0 Å². The van der Waals surface area contributed by atoms with E-state index in [1.54, 1.807) is 33.9 Å². The first-order valence-corrected chi connectivity index (χ1v) is 4.83. The zero-order valence-corrected chi connectivity index (χ0v) is 9.29. The molecule has 0 radical (unpaired) electrons. The molecule has 0 unspecified atom stereocenters. The first-order valence-electron chi connectivity index (χ1n) is 3.95. The quantitative estimate of drug-likeness (QED) is 0.496. The van der Waals surface area contributed by atoms with Gasteiger partial charge in [0.2, 0.25) is 0 Å². The van der Waals surface area contributed by atoms with Gasteiger partial charge in [0.15, 0.2) is 28.8 Å². The number of rotatable bonds is 3. The molecule has 14 heavy (non-hydrogen) atoms. The summed E-state index contributed by atoms with van der Waals surface area (Å²) >= 11 is 1.67. The Morgan fingerprint density at radius 3 is 2.93 bits per heavy atom. The molecule has 4 nitrogen and oxygen atoms in total. The van der Waals surface area contributed by atoms with Crippen LogP contribution < -0.4 is 4.89 Å². The van der Waals surface area contributed by atoms with Crippen LogP contribution >= 0.6 is 23.0 Å². The summed E-state index contributed by atoms with van der Waals surface area (Å²) in [6.45, 7) is 0. The number of aromatic nitrogens is 2. The number of benzene rings is 1. The van der Waals surface area contributed by atoms with E-state index in [9.17, 15) is 0 Å². The van der Waals surface area contributed by atoms with Crippen molar-refractivity contribution in [3.63, 3.8) is 0 Å². The normalized spacial score (nSPS) is 10.1. The van der Waals surface area contributed by atoms with Gasteiger partial charge in [-0.25, -0.2) is 4.68 Å². The molecule has 0 aliphatic carbocycles. The summed E-state index contributed by atoms with van der Waals surface area (Å²) in [5, 5.41) is 4.11. The molecule has 0 fully saturated rings. The molecule has 0 aliphatic rings. The summed E-state index contributed by atoms with van der Waals surface area (Å²) in [5.41, 5.74) is 0.931. The maximum absolute atomic E-state index is 4.89. The fourth-order valence-corrected chi connectivity index (χ4v) is 1.34. The van der Waals surface area contributed by atoms with E-state index in [0.717, 1.165) is 5.69 Å². The Balaban J connectivity index is 2.31. The molecule has 5 heteroatoms. The minimum absolute atomic E-state index is 0.646. The second-order valence-electron chi connectivity index (χ2n) is 2.59. The summed E-state index contributed by atoms with van der Waals surface area (Å²) < 4.78 is 6.29. The SMILES string of the molecule is IOOc1cccc(-n2cccn2)c1. The number of hydrogen-bond donors (Lipinski definition) is 0. The zero-order chi connectivity index (χ0) is 9.80. The van der Waals surface area contributed by atoms with Crippen molar-refractivity contribution in [2.45, 2.75) is 0 Å². The Morgan fingerprint density at radius 2 is 2.21 bits per heavy atom. The highest BCUT2D eigenvalue weighted by molar-refractivity contribution is 14.1. The number of nitrogens with zero attached hydrogens (tertiary/aromatic N) is 2. The van der Waals surface area contributed by atoms with Crippen LogP contribution in [0, 0.1) is 0 Å². The van der Waals surface area contributed by atoms with Crippen LogP contribution in [-0.4, -0.2) is 9.78 Å². The van der Waals surface area contributed by atoms with Crippen molar-refractivity contribution >= 4 is 23.0 Å². The van der Waals surface area contributed by atoms with E-state index >= 15 is 0 Å². The molecule has 72 valence electrons. The fourth-order valence-electron chi connectivity index (χ4n) is 1.14. The number of halogens is 1.